The third-order valence-corrected chi connectivity index (χ3v) is 3.25. The van der Waals surface area contributed by atoms with Gasteiger partial charge in [-0.05, 0) is 48.9 Å². The fourth-order valence-corrected chi connectivity index (χ4v) is 1.95. The van der Waals surface area contributed by atoms with E-state index in [1.807, 2.05) is 24.3 Å². The molecule has 0 aliphatic carbocycles. The van der Waals surface area contributed by atoms with E-state index in [4.69, 9.17) is 4.74 Å². The van der Waals surface area contributed by atoms with Crippen LogP contribution in [-0.4, -0.2) is 19.1 Å². The topological polar surface area (TPSA) is 50.4 Å². The first-order valence-electron chi connectivity index (χ1n) is 7.01. The summed E-state index contributed by atoms with van der Waals surface area (Å²) >= 11 is 0. The molecular weight excluding hydrogens is 283 g/mol. The van der Waals surface area contributed by atoms with Crippen molar-refractivity contribution in [2.75, 3.05) is 12.4 Å². The first kappa shape index (κ1) is 15.8. The lowest BCUT2D eigenvalue weighted by atomic mass is 10.2. The maximum absolute atomic E-state index is 12.8. The van der Waals surface area contributed by atoms with Gasteiger partial charge >= 0.3 is 0 Å². The Morgan fingerprint density at radius 2 is 1.77 bits per heavy atom. The molecule has 0 heterocycles. The summed E-state index contributed by atoms with van der Waals surface area (Å²) in [6, 6.07) is 13.0. The number of hydrogen-bond acceptors (Lipinski definition) is 3. The number of carbonyl (C=O) groups is 1. The quantitative estimate of drug-likeness (QED) is 0.862. The van der Waals surface area contributed by atoms with Crippen LogP contribution in [0.5, 0.6) is 5.75 Å². The Bertz CT molecular complexity index is 612. The van der Waals surface area contributed by atoms with Gasteiger partial charge in [-0.1, -0.05) is 12.1 Å². The van der Waals surface area contributed by atoms with Crippen LogP contribution in [0.15, 0.2) is 48.5 Å². The molecule has 1 atom stereocenters. The third-order valence-electron chi connectivity index (χ3n) is 3.25. The number of anilines is 1. The molecule has 0 aromatic heterocycles. The highest BCUT2D eigenvalue weighted by atomic mass is 19.1. The summed E-state index contributed by atoms with van der Waals surface area (Å²) in [5.41, 5.74) is 1.69. The molecule has 2 aromatic carbocycles. The molecule has 0 saturated carbocycles. The van der Waals surface area contributed by atoms with Gasteiger partial charge in [-0.15, -0.1) is 0 Å². The van der Waals surface area contributed by atoms with Crippen LogP contribution in [-0.2, 0) is 11.3 Å². The second-order valence-corrected chi connectivity index (χ2v) is 4.94. The van der Waals surface area contributed by atoms with Gasteiger partial charge in [-0.25, -0.2) is 4.39 Å². The zero-order chi connectivity index (χ0) is 15.9. The largest absolute Gasteiger partial charge is 0.497 e. The predicted octanol–water partition coefficient (Wildman–Crippen LogP) is 2.95. The van der Waals surface area contributed by atoms with Crippen LogP contribution in [0.3, 0.4) is 0 Å². The summed E-state index contributed by atoms with van der Waals surface area (Å²) in [6.07, 6.45) is 0. The van der Waals surface area contributed by atoms with Crippen LogP contribution in [0, 0.1) is 5.82 Å². The smallest absolute Gasteiger partial charge is 0.242 e. The van der Waals surface area contributed by atoms with E-state index in [1.165, 1.54) is 12.1 Å². The molecule has 1 amide bonds. The van der Waals surface area contributed by atoms with Crippen molar-refractivity contribution in [3.63, 3.8) is 0 Å². The molecule has 22 heavy (non-hydrogen) atoms. The molecule has 0 spiro atoms. The number of halogens is 1. The number of amides is 1. The van der Waals surface area contributed by atoms with Crippen LogP contribution >= 0.6 is 0 Å². The number of rotatable bonds is 6. The number of ether oxygens (including phenoxy) is 1. The van der Waals surface area contributed by atoms with Gasteiger partial charge in [-0.2, -0.15) is 0 Å². The van der Waals surface area contributed by atoms with Gasteiger partial charge in [0.1, 0.15) is 17.6 Å². The van der Waals surface area contributed by atoms with E-state index in [2.05, 4.69) is 10.6 Å². The molecule has 2 N–H and O–H groups in total. The fraction of sp³-hybridized carbons (Fsp3) is 0.235. The number of hydrogen-bond donors (Lipinski definition) is 2. The molecule has 116 valence electrons. The van der Waals surface area contributed by atoms with Crippen molar-refractivity contribution >= 4 is 11.6 Å². The average molecular weight is 302 g/mol. The minimum absolute atomic E-state index is 0.125. The second-order valence-electron chi connectivity index (χ2n) is 4.94. The first-order chi connectivity index (χ1) is 10.6. The Morgan fingerprint density at radius 3 is 2.36 bits per heavy atom. The lowest BCUT2D eigenvalue weighted by Gasteiger charge is -2.15. The summed E-state index contributed by atoms with van der Waals surface area (Å²) < 4.78 is 17.9. The summed E-state index contributed by atoms with van der Waals surface area (Å²) in [7, 11) is 1.61. The number of benzene rings is 2. The highest BCUT2D eigenvalue weighted by Crippen LogP contribution is 2.12. The highest BCUT2D eigenvalue weighted by Gasteiger charge is 2.12. The van der Waals surface area contributed by atoms with Gasteiger partial charge in [0.05, 0.1) is 7.11 Å². The summed E-state index contributed by atoms with van der Waals surface area (Å²) in [5.74, 6) is 0.351. The molecule has 0 bridgehead atoms. The van der Waals surface area contributed by atoms with Gasteiger partial charge in [0.15, 0.2) is 0 Å². The van der Waals surface area contributed by atoms with Gasteiger partial charge < -0.3 is 15.4 Å². The van der Waals surface area contributed by atoms with Crippen LogP contribution in [0.2, 0.25) is 0 Å². The van der Waals surface area contributed by atoms with Crippen LogP contribution < -0.4 is 15.4 Å². The minimum Gasteiger partial charge on any atom is -0.497 e. The Morgan fingerprint density at radius 1 is 1.14 bits per heavy atom. The fourth-order valence-electron chi connectivity index (χ4n) is 1.95. The molecule has 0 aliphatic heterocycles. The zero-order valence-corrected chi connectivity index (χ0v) is 12.6. The second kappa shape index (κ2) is 7.45. The Hall–Kier alpha value is -2.56. The normalized spacial score (nSPS) is 11.6. The summed E-state index contributed by atoms with van der Waals surface area (Å²) in [5, 5.41) is 5.88. The van der Waals surface area contributed by atoms with Crippen molar-refractivity contribution in [2.45, 2.75) is 19.5 Å². The molecule has 2 rings (SSSR count). The molecule has 2 aromatic rings. The zero-order valence-electron chi connectivity index (χ0n) is 12.6. The van der Waals surface area contributed by atoms with E-state index in [0.717, 1.165) is 11.3 Å². The van der Waals surface area contributed by atoms with Gasteiger partial charge in [0.25, 0.3) is 0 Å². The van der Waals surface area contributed by atoms with Crippen molar-refractivity contribution in [3.05, 3.63) is 59.9 Å². The minimum atomic E-state index is -0.413. The van der Waals surface area contributed by atoms with Crippen LogP contribution in [0.25, 0.3) is 0 Å². The van der Waals surface area contributed by atoms with E-state index in [1.54, 1.807) is 26.2 Å². The molecule has 0 aliphatic rings. The van der Waals surface area contributed by atoms with Crippen molar-refractivity contribution in [1.82, 2.24) is 5.32 Å². The monoisotopic (exact) mass is 302 g/mol. The van der Waals surface area contributed by atoms with Crippen molar-refractivity contribution in [3.8, 4) is 5.75 Å². The van der Waals surface area contributed by atoms with E-state index in [0.29, 0.717) is 12.2 Å². The van der Waals surface area contributed by atoms with Crippen molar-refractivity contribution in [1.29, 1.82) is 0 Å². The van der Waals surface area contributed by atoms with Crippen LogP contribution in [0.4, 0.5) is 10.1 Å². The Balaban J connectivity index is 1.84. The molecule has 4 nitrogen and oxygen atoms in total. The van der Waals surface area contributed by atoms with Gasteiger partial charge in [0.2, 0.25) is 5.91 Å². The number of methoxy groups -OCH3 is 1. The SMILES string of the molecule is COc1ccc(CNC(=O)[C@@H](C)Nc2ccc(F)cc2)cc1. The predicted molar refractivity (Wildman–Crippen MR) is 84.3 cm³/mol. The molecule has 0 unspecified atom stereocenters. The number of carbonyl (C=O) groups excluding carboxylic acids is 1. The van der Waals surface area contributed by atoms with E-state index < -0.39 is 6.04 Å². The highest BCUT2D eigenvalue weighted by molar-refractivity contribution is 5.84. The van der Waals surface area contributed by atoms with E-state index in [9.17, 15) is 9.18 Å². The molecule has 0 saturated heterocycles. The maximum Gasteiger partial charge on any atom is 0.242 e. The Kier molecular flexibility index (Phi) is 5.36. The third kappa shape index (κ3) is 4.48. The van der Waals surface area contributed by atoms with E-state index >= 15 is 0 Å². The van der Waals surface area contributed by atoms with E-state index in [-0.39, 0.29) is 11.7 Å². The van der Waals surface area contributed by atoms with Crippen molar-refractivity contribution in [2.24, 2.45) is 0 Å². The van der Waals surface area contributed by atoms with Crippen LogP contribution in [0.1, 0.15) is 12.5 Å². The lowest BCUT2D eigenvalue weighted by Crippen LogP contribution is -2.37. The molecule has 0 fully saturated rings. The maximum atomic E-state index is 12.8. The first-order valence-corrected chi connectivity index (χ1v) is 7.01. The molecule has 5 heteroatoms. The van der Waals surface area contributed by atoms with Gasteiger partial charge in [0, 0.05) is 12.2 Å². The standard InChI is InChI=1S/C17H19FN2O2/c1-12(20-15-7-5-14(18)6-8-15)17(21)19-11-13-3-9-16(22-2)10-4-13/h3-10,12,20H,11H2,1-2H3,(H,19,21)/t12-/m1/s1. The Labute approximate surface area is 129 Å². The summed E-state index contributed by atoms with van der Waals surface area (Å²) in [4.78, 5) is 12.0. The number of nitrogens with one attached hydrogen (secondary N) is 2. The molecule has 0 radical (unpaired) electrons. The average Bonchev–Trinajstić information content (AvgIpc) is 2.55. The van der Waals surface area contributed by atoms with Gasteiger partial charge in [-0.3, -0.25) is 4.79 Å². The van der Waals surface area contributed by atoms with Crippen molar-refractivity contribution < 1.29 is 13.9 Å². The summed E-state index contributed by atoms with van der Waals surface area (Å²) in [6.45, 7) is 2.20. The molecular formula is C17H19FN2O2. The lowest BCUT2D eigenvalue weighted by molar-refractivity contribution is -0.121.